The van der Waals surface area contributed by atoms with Crippen molar-refractivity contribution >= 4 is 39.9 Å². The first-order chi connectivity index (χ1) is 16.2. The van der Waals surface area contributed by atoms with E-state index >= 15 is 0 Å². The third kappa shape index (κ3) is 3.45. The molecule has 0 N–H and O–H groups in total. The van der Waals surface area contributed by atoms with Gasteiger partial charge in [0.1, 0.15) is 5.82 Å². The zero-order valence-electron chi connectivity index (χ0n) is 18.1. The van der Waals surface area contributed by atoms with Gasteiger partial charge >= 0.3 is 0 Å². The lowest BCUT2D eigenvalue weighted by Gasteiger charge is -2.17. The molecular formula is C26H21N5OS. The molecule has 0 bridgehead atoms. The highest BCUT2D eigenvalue weighted by molar-refractivity contribution is 7.99. The standard InChI is InChI=1S/C26H21N5OS/c1-17-10-12-19(13-11-17)24-27-21-8-4-3-7-20(21)25-28-29-26(31(24)25)33-16-23(32)30-15-14-18-6-2-5-9-22(18)30/h2-13H,14-16H2,1H3. The van der Waals surface area contributed by atoms with Crippen LogP contribution in [0.3, 0.4) is 0 Å². The number of thioether (sulfide) groups is 1. The van der Waals surface area contributed by atoms with Crippen LogP contribution in [0.5, 0.6) is 0 Å². The van der Waals surface area contributed by atoms with Crippen LogP contribution >= 0.6 is 11.8 Å². The monoisotopic (exact) mass is 451 g/mol. The number of carbonyl (C=O) groups is 1. The van der Waals surface area contributed by atoms with Crippen LogP contribution in [-0.4, -0.2) is 37.8 Å². The Morgan fingerprint density at radius 2 is 1.76 bits per heavy atom. The number of para-hydroxylation sites is 2. The Labute approximate surface area is 195 Å². The summed E-state index contributed by atoms with van der Waals surface area (Å²) in [6.07, 6.45) is 0.897. The maximum absolute atomic E-state index is 13.1. The maximum atomic E-state index is 13.1. The molecule has 6 nitrogen and oxygen atoms in total. The second-order valence-corrected chi connectivity index (χ2v) is 9.12. The Kier molecular flexibility index (Phi) is 4.84. The van der Waals surface area contributed by atoms with Gasteiger partial charge in [0, 0.05) is 23.2 Å². The van der Waals surface area contributed by atoms with Crippen LogP contribution < -0.4 is 4.90 Å². The third-order valence-corrected chi connectivity index (χ3v) is 6.95. The fourth-order valence-corrected chi connectivity index (χ4v) is 5.16. The molecule has 3 aromatic carbocycles. The molecule has 0 aliphatic carbocycles. The first-order valence-electron chi connectivity index (χ1n) is 10.9. The van der Waals surface area contributed by atoms with Gasteiger partial charge in [0.2, 0.25) is 5.91 Å². The molecule has 0 saturated carbocycles. The summed E-state index contributed by atoms with van der Waals surface area (Å²) in [6.45, 7) is 2.79. The number of fused-ring (bicyclic) bond motifs is 4. The highest BCUT2D eigenvalue weighted by atomic mass is 32.2. The Bertz CT molecular complexity index is 1510. The first kappa shape index (κ1) is 19.9. The quantitative estimate of drug-likeness (QED) is 0.363. The molecule has 2 aromatic heterocycles. The molecule has 0 saturated heterocycles. The Balaban J connectivity index is 1.39. The summed E-state index contributed by atoms with van der Waals surface area (Å²) in [5.74, 6) is 1.14. The van der Waals surface area contributed by atoms with Crippen LogP contribution in [0.4, 0.5) is 5.69 Å². The van der Waals surface area contributed by atoms with Crippen LogP contribution in [0.15, 0.2) is 78.0 Å². The van der Waals surface area contributed by atoms with Gasteiger partial charge in [-0.1, -0.05) is 71.9 Å². The molecule has 0 radical (unpaired) electrons. The summed E-state index contributed by atoms with van der Waals surface area (Å²) in [4.78, 5) is 19.9. The van der Waals surface area contributed by atoms with Gasteiger partial charge in [-0.15, -0.1) is 10.2 Å². The number of nitrogens with zero attached hydrogens (tertiary/aromatic N) is 5. The lowest BCUT2D eigenvalue weighted by molar-refractivity contribution is -0.116. The topological polar surface area (TPSA) is 63.4 Å². The van der Waals surface area contributed by atoms with Gasteiger partial charge < -0.3 is 4.90 Å². The number of hydrogen-bond donors (Lipinski definition) is 0. The number of aromatic nitrogens is 4. The van der Waals surface area contributed by atoms with E-state index in [-0.39, 0.29) is 11.7 Å². The molecule has 1 amide bonds. The second-order valence-electron chi connectivity index (χ2n) is 8.17. The fourth-order valence-electron chi connectivity index (χ4n) is 4.35. The summed E-state index contributed by atoms with van der Waals surface area (Å²) >= 11 is 1.40. The van der Waals surface area contributed by atoms with Crippen LogP contribution in [0.25, 0.3) is 27.9 Å². The molecule has 1 aliphatic rings. The molecule has 1 aliphatic heterocycles. The van der Waals surface area contributed by atoms with Crippen molar-refractivity contribution in [3.05, 3.63) is 83.9 Å². The average molecular weight is 452 g/mol. The Hall–Kier alpha value is -3.71. The maximum Gasteiger partial charge on any atom is 0.237 e. The fraction of sp³-hybridized carbons (Fsp3) is 0.154. The van der Waals surface area contributed by atoms with Crippen molar-refractivity contribution in [3.63, 3.8) is 0 Å². The van der Waals surface area contributed by atoms with Crippen LogP contribution in [0, 0.1) is 6.92 Å². The highest BCUT2D eigenvalue weighted by Gasteiger charge is 2.25. The third-order valence-electron chi connectivity index (χ3n) is 6.04. The number of rotatable bonds is 4. The molecule has 0 fully saturated rings. The molecule has 6 rings (SSSR count). The van der Waals surface area contributed by atoms with Gasteiger partial charge in [0.15, 0.2) is 10.8 Å². The summed E-state index contributed by atoms with van der Waals surface area (Å²) in [7, 11) is 0. The van der Waals surface area contributed by atoms with Crippen molar-refractivity contribution in [1.82, 2.24) is 19.6 Å². The van der Waals surface area contributed by atoms with Gasteiger partial charge in [-0.05, 0) is 37.1 Å². The number of aryl methyl sites for hydroxylation is 1. The van der Waals surface area contributed by atoms with E-state index in [4.69, 9.17) is 4.98 Å². The molecule has 0 spiro atoms. The minimum Gasteiger partial charge on any atom is -0.311 e. The molecule has 0 unspecified atom stereocenters. The molecule has 3 heterocycles. The predicted octanol–water partition coefficient (Wildman–Crippen LogP) is 4.93. The molecule has 7 heteroatoms. The molecule has 0 atom stereocenters. The predicted molar refractivity (Wildman–Crippen MR) is 132 cm³/mol. The summed E-state index contributed by atoms with van der Waals surface area (Å²) in [6, 6.07) is 24.3. The SMILES string of the molecule is Cc1ccc(-c2nc3ccccc3c3nnc(SCC(=O)N4CCc5ccccc54)n23)cc1. The molecule has 5 aromatic rings. The van der Waals surface area contributed by atoms with E-state index in [1.54, 1.807) is 0 Å². The average Bonchev–Trinajstić information content (AvgIpc) is 3.47. The van der Waals surface area contributed by atoms with Crippen molar-refractivity contribution < 1.29 is 4.79 Å². The highest BCUT2D eigenvalue weighted by Crippen LogP contribution is 2.31. The van der Waals surface area contributed by atoms with Crippen molar-refractivity contribution in [2.75, 3.05) is 17.2 Å². The van der Waals surface area contributed by atoms with Crippen LogP contribution in [-0.2, 0) is 11.2 Å². The van der Waals surface area contributed by atoms with Gasteiger partial charge in [0.25, 0.3) is 0 Å². The second kappa shape index (κ2) is 8.01. The van der Waals surface area contributed by atoms with E-state index in [1.165, 1.54) is 22.9 Å². The van der Waals surface area contributed by atoms with Crippen molar-refractivity contribution in [2.24, 2.45) is 0 Å². The minimum atomic E-state index is 0.0762. The molecular weight excluding hydrogens is 430 g/mol. The minimum absolute atomic E-state index is 0.0762. The largest absolute Gasteiger partial charge is 0.311 e. The van der Waals surface area contributed by atoms with Crippen molar-refractivity contribution in [1.29, 1.82) is 0 Å². The van der Waals surface area contributed by atoms with Crippen molar-refractivity contribution in [3.8, 4) is 11.4 Å². The number of carbonyl (C=O) groups excluding carboxylic acids is 1. The number of anilines is 1. The zero-order valence-corrected chi connectivity index (χ0v) is 18.9. The Morgan fingerprint density at radius 3 is 2.64 bits per heavy atom. The normalized spacial score (nSPS) is 13.1. The zero-order chi connectivity index (χ0) is 22.4. The van der Waals surface area contributed by atoms with Gasteiger partial charge in [-0.25, -0.2) is 4.98 Å². The van der Waals surface area contributed by atoms with Gasteiger partial charge in [-0.2, -0.15) is 0 Å². The Morgan fingerprint density at radius 1 is 0.970 bits per heavy atom. The van der Waals surface area contributed by atoms with Crippen LogP contribution in [0.2, 0.25) is 0 Å². The number of amides is 1. The van der Waals surface area contributed by atoms with Crippen LogP contribution in [0.1, 0.15) is 11.1 Å². The van der Waals surface area contributed by atoms with E-state index in [1.807, 2.05) is 51.8 Å². The van der Waals surface area contributed by atoms with E-state index in [2.05, 4.69) is 47.5 Å². The van der Waals surface area contributed by atoms with Gasteiger partial charge in [-0.3, -0.25) is 9.20 Å². The number of benzene rings is 3. The lowest BCUT2D eigenvalue weighted by atomic mass is 10.1. The number of hydrogen-bond acceptors (Lipinski definition) is 5. The summed E-state index contributed by atoms with van der Waals surface area (Å²) < 4.78 is 1.98. The lowest BCUT2D eigenvalue weighted by Crippen LogP contribution is -2.30. The van der Waals surface area contributed by atoms with Gasteiger partial charge in [0.05, 0.1) is 11.3 Å². The summed E-state index contributed by atoms with van der Waals surface area (Å²) in [5, 5.41) is 10.6. The molecule has 162 valence electrons. The molecule has 33 heavy (non-hydrogen) atoms. The van der Waals surface area contributed by atoms with E-state index < -0.39 is 0 Å². The smallest absolute Gasteiger partial charge is 0.237 e. The summed E-state index contributed by atoms with van der Waals surface area (Å²) in [5.41, 5.74) is 6.03. The van der Waals surface area contributed by atoms with Crippen molar-refractivity contribution in [2.45, 2.75) is 18.5 Å². The first-order valence-corrected chi connectivity index (χ1v) is 11.9. The van der Waals surface area contributed by atoms with E-state index in [0.717, 1.165) is 46.6 Å². The van der Waals surface area contributed by atoms with E-state index in [9.17, 15) is 4.79 Å². The van der Waals surface area contributed by atoms with E-state index in [0.29, 0.717) is 5.16 Å².